The van der Waals surface area contributed by atoms with Crippen molar-refractivity contribution < 1.29 is 38.0 Å². The third-order valence-electron chi connectivity index (χ3n) is 2.86. The predicted molar refractivity (Wildman–Crippen MR) is 67.2 cm³/mol. The number of ether oxygens (including phenoxy) is 6. The zero-order valence-corrected chi connectivity index (χ0v) is 11.8. The molecule has 0 N–H and O–H groups in total. The van der Waals surface area contributed by atoms with Gasteiger partial charge in [-0.3, -0.25) is 9.59 Å². The number of carbonyl (C=O) groups excluding carboxylic acids is 2. The lowest BCUT2D eigenvalue weighted by Gasteiger charge is -2.23. The lowest BCUT2D eigenvalue weighted by Crippen LogP contribution is -2.33. The van der Waals surface area contributed by atoms with Gasteiger partial charge in [-0.15, -0.1) is 0 Å². The van der Waals surface area contributed by atoms with E-state index in [2.05, 4.69) is 0 Å². The summed E-state index contributed by atoms with van der Waals surface area (Å²) < 4.78 is 30.7. The summed E-state index contributed by atoms with van der Waals surface area (Å²) in [6.45, 7) is 2.32. The normalized spacial score (nSPS) is 26.1. The molecule has 0 saturated carbocycles. The Labute approximate surface area is 122 Å². The van der Waals surface area contributed by atoms with Crippen LogP contribution in [0, 0.1) is 0 Å². The van der Waals surface area contributed by atoms with Gasteiger partial charge in [0.1, 0.15) is 13.2 Å². The molecule has 2 saturated heterocycles. The average Bonchev–Trinajstić information content (AvgIpc) is 2.49. The second-order valence-electron chi connectivity index (χ2n) is 4.58. The molecule has 2 atom stereocenters. The number of rotatable bonds is 6. The highest BCUT2D eigenvalue weighted by Crippen LogP contribution is 2.08. The Hall–Kier alpha value is -1.22. The van der Waals surface area contributed by atoms with Crippen molar-refractivity contribution in [3.05, 3.63) is 0 Å². The van der Waals surface area contributed by atoms with Gasteiger partial charge in [0.05, 0.1) is 26.4 Å². The van der Waals surface area contributed by atoms with Crippen molar-refractivity contribution in [3.8, 4) is 0 Å². The first-order valence-corrected chi connectivity index (χ1v) is 7.01. The fourth-order valence-corrected chi connectivity index (χ4v) is 1.86. The Morgan fingerprint density at radius 1 is 0.810 bits per heavy atom. The molecule has 2 fully saturated rings. The molecule has 0 radical (unpaired) electrons. The molecule has 8 nitrogen and oxygen atoms in total. The van der Waals surface area contributed by atoms with Gasteiger partial charge in [0.2, 0.25) is 12.6 Å². The second-order valence-corrected chi connectivity index (χ2v) is 4.58. The van der Waals surface area contributed by atoms with E-state index in [1.54, 1.807) is 0 Å². The minimum absolute atomic E-state index is 0.122. The van der Waals surface area contributed by atoms with Gasteiger partial charge in [-0.1, -0.05) is 0 Å². The highest BCUT2D eigenvalue weighted by molar-refractivity contribution is 5.72. The molecule has 0 spiro atoms. The first-order chi connectivity index (χ1) is 10.2. The predicted octanol–water partition coefficient (Wildman–Crippen LogP) is -0.0111. The molecule has 0 aromatic heterocycles. The van der Waals surface area contributed by atoms with Crippen molar-refractivity contribution in [2.24, 2.45) is 0 Å². The SMILES string of the molecule is O=C(CCCC(=O)OC1COCCO1)OC1COCCO1. The van der Waals surface area contributed by atoms with E-state index in [1.165, 1.54) is 0 Å². The van der Waals surface area contributed by atoms with Crippen LogP contribution in [0.1, 0.15) is 19.3 Å². The fraction of sp³-hybridized carbons (Fsp3) is 0.846. The van der Waals surface area contributed by atoms with Gasteiger partial charge in [-0.05, 0) is 6.42 Å². The van der Waals surface area contributed by atoms with Gasteiger partial charge in [0.25, 0.3) is 0 Å². The van der Waals surface area contributed by atoms with Crippen molar-refractivity contribution in [1.82, 2.24) is 0 Å². The first-order valence-electron chi connectivity index (χ1n) is 7.01. The maximum absolute atomic E-state index is 11.5. The Bertz CT molecular complexity index is 301. The van der Waals surface area contributed by atoms with E-state index in [0.29, 0.717) is 32.8 Å². The topological polar surface area (TPSA) is 89.5 Å². The molecule has 0 aliphatic carbocycles. The smallest absolute Gasteiger partial charge is 0.308 e. The second kappa shape index (κ2) is 8.93. The van der Waals surface area contributed by atoms with E-state index >= 15 is 0 Å². The molecule has 120 valence electrons. The quantitative estimate of drug-likeness (QED) is 0.633. The van der Waals surface area contributed by atoms with Crippen molar-refractivity contribution in [2.45, 2.75) is 31.8 Å². The van der Waals surface area contributed by atoms with Crippen LogP contribution in [0.25, 0.3) is 0 Å². The van der Waals surface area contributed by atoms with Crippen molar-refractivity contribution in [2.75, 3.05) is 39.6 Å². The molecular formula is C13H20O8. The zero-order chi connectivity index (χ0) is 14.9. The van der Waals surface area contributed by atoms with Crippen LogP contribution in [0.4, 0.5) is 0 Å². The molecule has 21 heavy (non-hydrogen) atoms. The standard InChI is InChI=1S/C13H20O8/c14-10(20-12-8-16-4-6-18-12)2-1-3-11(15)21-13-9-17-5-7-19-13/h12-13H,1-9H2. The molecule has 0 aromatic rings. The Morgan fingerprint density at radius 2 is 1.29 bits per heavy atom. The van der Waals surface area contributed by atoms with E-state index in [-0.39, 0.29) is 26.1 Å². The molecule has 8 heteroatoms. The molecule has 0 bridgehead atoms. The number of carbonyl (C=O) groups is 2. The van der Waals surface area contributed by atoms with Crippen molar-refractivity contribution in [1.29, 1.82) is 0 Å². The van der Waals surface area contributed by atoms with Gasteiger partial charge < -0.3 is 28.4 Å². The van der Waals surface area contributed by atoms with Crippen LogP contribution in [0.5, 0.6) is 0 Å². The summed E-state index contributed by atoms with van der Waals surface area (Å²) in [5, 5.41) is 0. The highest BCUT2D eigenvalue weighted by Gasteiger charge is 2.20. The van der Waals surface area contributed by atoms with Gasteiger partial charge in [0, 0.05) is 12.8 Å². The third kappa shape index (κ3) is 6.38. The highest BCUT2D eigenvalue weighted by atomic mass is 16.7. The monoisotopic (exact) mass is 304 g/mol. The number of esters is 2. The zero-order valence-electron chi connectivity index (χ0n) is 11.8. The van der Waals surface area contributed by atoms with Crippen LogP contribution in [0.2, 0.25) is 0 Å². The summed E-state index contributed by atoms with van der Waals surface area (Å²) in [6, 6.07) is 0. The van der Waals surface area contributed by atoms with Crippen LogP contribution in [-0.4, -0.2) is 64.2 Å². The first kappa shape index (κ1) is 16.2. The van der Waals surface area contributed by atoms with E-state index in [4.69, 9.17) is 28.4 Å². The van der Waals surface area contributed by atoms with Crippen LogP contribution < -0.4 is 0 Å². The summed E-state index contributed by atoms with van der Waals surface area (Å²) in [5.41, 5.74) is 0. The summed E-state index contributed by atoms with van der Waals surface area (Å²) in [7, 11) is 0. The number of hydrogen-bond donors (Lipinski definition) is 0. The molecule has 2 aliphatic rings. The van der Waals surface area contributed by atoms with Crippen LogP contribution in [0.15, 0.2) is 0 Å². The Morgan fingerprint density at radius 3 is 1.67 bits per heavy atom. The summed E-state index contributed by atoms with van der Waals surface area (Å²) in [5.74, 6) is -0.842. The van der Waals surface area contributed by atoms with Gasteiger partial charge in [-0.2, -0.15) is 0 Å². The Kier molecular flexibility index (Phi) is 6.87. The minimum Gasteiger partial charge on any atom is -0.433 e. The van der Waals surface area contributed by atoms with Crippen LogP contribution in [-0.2, 0) is 38.0 Å². The maximum atomic E-state index is 11.5. The Balaban J connectivity index is 1.53. The van der Waals surface area contributed by atoms with Gasteiger partial charge in [0.15, 0.2) is 0 Å². The van der Waals surface area contributed by atoms with Crippen molar-refractivity contribution >= 4 is 11.9 Å². The van der Waals surface area contributed by atoms with E-state index in [0.717, 1.165) is 0 Å². The lowest BCUT2D eigenvalue weighted by atomic mass is 10.2. The largest absolute Gasteiger partial charge is 0.433 e. The maximum Gasteiger partial charge on any atom is 0.308 e. The molecule has 2 aliphatic heterocycles. The fourth-order valence-electron chi connectivity index (χ4n) is 1.86. The summed E-state index contributed by atoms with van der Waals surface area (Å²) >= 11 is 0. The molecule has 0 aromatic carbocycles. The molecule has 2 heterocycles. The van der Waals surface area contributed by atoms with E-state index in [9.17, 15) is 9.59 Å². The van der Waals surface area contributed by atoms with Crippen LogP contribution >= 0.6 is 0 Å². The molecular weight excluding hydrogens is 284 g/mol. The molecule has 2 unspecified atom stereocenters. The van der Waals surface area contributed by atoms with E-state index in [1.807, 2.05) is 0 Å². The van der Waals surface area contributed by atoms with Gasteiger partial charge >= 0.3 is 11.9 Å². The minimum atomic E-state index is -0.647. The third-order valence-corrected chi connectivity index (χ3v) is 2.86. The summed E-state index contributed by atoms with van der Waals surface area (Å²) in [4.78, 5) is 23.1. The van der Waals surface area contributed by atoms with Gasteiger partial charge in [-0.25, -0.2) is 0 Å². The van der Waals surface area contributed by atoms with E-state index < -0.39 is 24.5 Å². The number of hydrogen-bond acceptors (Lipinski definition) is 8. The molecule has 2 rings (SSSR count). The average molecular weight is 304 g/mol. The van der Waals surface area contributed by atoms with Crippen LogP contribution in [0.3, 0.4) is 0 Å². The summed E-state index contributed by atoms with van der Waals surface area (Å²) in [6.07, 6.45) is -0.704. The lowest BCUT2D eigenvalue weighted by molar-refractivity contribution is -0.215. The van der Waals surface area contributed by atoms with Crippen molar-refractivity contribution in [3.63, 3.8) is 0 Å². The molecule has 0 amide bonds.